The van der Waals surface area contributed by atoms with E-state index in [-0.39, 0.29) is 18.0 Å². The molecule has 2 aromatic rings. The maximum atomic E-state index is 13.0. The SMILES string of the molecule is COC[C@@H]1C[C@@H](N2Cc3ccc(-c4cccc(C#N)n4)nc3C2=O)CN1C#N. The molecule has 0 N–H and O–H groups in total. The van der Waals surface area contributed by atoms with Gasteiger partial charge in [-0.05, 0) is 24.6 Å². The zero-order chi connectivity index (χ0) is 19.7. The van der Waals surface area contributed by atoms with Crippen molar-refractivity contribution in [2.45, 2.75) is 25.0 Å². The van der Waals surface area contributed by atoms with Gasteiger partial charge in [-0.25, -0.2) is 9.97 Å². The van der Waals surface area contributed by atoms with Crippen LogP contribution < -0.4 is 0 Å². The van der Waals surface area contributed by atoms with Gasteiger partial charge >= 0.3 is 0 Å². The Balaban J connectivity index is 1.58. The highest BCUT2D eigenvalue weighted by Crippen LogP contribution is 2.30. The van der Waals surface area contributed by atoms with Gasteiger partial charge in [0.2, 0.25) is 0 Å². The summed E-state index contributed by atoms with van der Waals surface area (Å²) in [6, 6.07) is 10.8. The second kappa shape index (κ2) is 7.26. The summed E-state index contributed by atoms with van der Waals surface area (Å²) in [6.45, 7) is 1.45. The van der Waals surface area contributed by atoms with Crippen LogP contribution in [0.5, 0.6) is 0 Å². The van der Waals surface area contributed by atoms with Crippen molar-refractivity contribution in [1.29, 1.82) is 10.5 Å². The summed E-state index contributed by atoms with van der Waals surface area (Å²) in [5.74, 6) is -0.130. The average molecular weight is 374 g/mol. The van der Waals surface area contributed by atoms with Gasteiger partial charge in [0.25, 0.3) is 5.91 Å². The molecule has 2 atom stereocenters. The molecule has 4 rings (SSSR count). The molecular weight excluding hydrogens is 356 g/mol. The minimum Gasteiger partial charge on any atom is -0.383 e. The second-order valence-electron chi connectivity index (χ2n) is 6.91. The lowest BCUT2D eigenvalue weighted by Gasteiger charge is -2.22. The van der Waals surface area contributed by atoms with Crippen LogP contribution in [0.4, 0.5) is 0 Å². The summed E-state index contributed by atoms with van der Waals surface area (Å²) >= 11 is 0. The van der Waals surface area contributed by atoms with Crippen LogP contribution in [-0.2, 0) is 11.3 Å². The van der Waals surface area contributed by atoms with Gasteiger partial charge in [0.15, 0.2) is 6.19 Å². The average Bonchev–Trinajstić information content (AvgIpc) is 3.28. The number of nitriles is 2. The summed E-state index contributed by atoms with van der Waals surface area (Å²) in [4.78, 5) is 25.3. The smallest absolute Gasteiger partial charge is 0.273 e. The highest BCUT2D eigenvalue weighted by molar-refractivity contribution is 5.97. The number of rotatable bonds is 4. The summed E-state index contributed by atoms with van der Waals surface area (Å²) < 4.78 is 5.20. The first kappa shape index (κ1) is 17.9. The molecule has 8 heteroatoms. The molecule has 28 heavy (non-hydrogen) atoms. The Labute approximate surface area is 162 Å². The fourth-order valence-corrected chi connectivity index (χ4v) is 3.86. The van der Waals surface area contributed by atoms with E-state index < -0.39 is 0 Å². The molecule has 0 saturated carbocycles. The third-order valence-electron chi connectivity index (χ3n) is 5.23. The molecule has 0 spiro atoms. The van der Waals surface area contributed by atoms with Crippen LogP contribution in [0.1, 0.15) is 28.2 Å². The Kier molecular flexibility index (Phi) is 4.64. The van der Waals surface area contributed by atoms with Gasteiger partial charge in [0, 0.05) is 25.8 Å². The van der Waals surface area contributed by atoms with Crippen molar-refractivity contribution in [3.63, 3.8) is 0 Å². The molecule has 2 aromatic heterocycles. The molecule has 4 heterocycles. The molecule has 1 saturated heterocycles. The molecule has 2 aliphatic rings. The lowest BCUT2D eigenvalue weighted by Crippen LogP contribution is -2.37. The number of hydrogen-bond donors (Lipinski definition) is 0. The third kappa shape index (κ3) is 3.04. The van der Waals surface area contributed by atoms with E-state index in [1.54, 1.807) is 35.1 Å². The van der Waals surface area contributed by atoms with Gasteiger partial charge in [-0.3, -0.25) is 4.79 Å². The molecule has 1 amide bonds. The molecule has 0 aromatic carbocycles. The van der Waals surface area contributed by atoms with Crippen LogP contribution in [0.2, 0.25) is 0 Å². The van der Waals surface area contributed by atoms with E-state index in [9.17, 15) is 10.1 Å². The zero-order valence-electron chi connectivity index (χ0n) is 15.4. The van der Waals surface area contributed by atoms with Crippen molar-refractivity contribution < 1.29 is 9.53 Å². The molecule has 1 fully saturated rings. The molecule has 0 radical (unpaired) electrons. The molecule has 140 valence electrons. The largest absolute Gasteiger partial charge is 0.383 e. The van der Waals surface area contributed by atoms with Gasteiger partial charge in [-0.2, -0.15) is 10.5 Å². The Morgan fingerprint density at radius 1 is 1.21 bits per heavy atom. The van der Waals surface area contributed by atoms with Gasteiger partial charge in [0.05, 0.1) is 30.1 Å². The fraction of sp³-hybridized carbons (Fsp3) is 0.350. The normalized spacial score (nSPS) is 20.8. The maximum Gasteiger partial charge on any atom is 0.273 e. The van der Waals surface area contributed by atoms with Crippen molar-refractivity contribution in [1.82, 2.24) is 19.8 Å². The summed E-state index contributed by atoms with van der Waals surface area (Å²) in [7, 11) is 1.61. The van der Waals surface area contributed by atoms with Gasteiger partial charge in [0.1, 0.15) is 17.5 Å². The number of pyridine rings is 2. The van der Waals surface area contributed by atoms with E-state index in [0.29, 0.717) is 48.9 Å². The lowest BCUT2D eigenvalue weighted by molar-refractivity contribution is 0.0705. The standard InChI is InChI=1S/C20H18N6O2/c1-28-11-16-7-15(10-25(16)12-22)26-9-13-5-6-18(24-19(13)20(26)27)17-4-2-3-14(8-21)23-17/h2-6,15-16H,7,9-11H2,1H3/t15-,16+/m1/s1. The summed E-state index contributed by atoms with van der Waals surface area (Å²) in [5.41, 5.74) is 2.71. The van der Waals surface area contributed by atoms with Crippen LogP contribution in [0.25, 0.3) is 11.4 Å². The Morgan fingerprint density at radius 3 is 2.79 bits per heavy atom. The number of nitrogens with zero attached hydrogens (tertiary/aromatic N) is 6. The summed E-state index contributed by atoms with van der Waals surface area (Å²) in [6.07, 6.45) is 2.89. The maximum absolute atomic E-state index is 13.0. The van der Waals surface area contributed by atoms with E-state index in [1.165, 1.54) is 0 Å². The van der Waals surface area contributed by atoms with Crippen molar-refractivity contribution in [2.75, 3.05) is 20.3 Å². The molecule has 0 bridgehead atoms. The number of aromatic nitrogens is 2. The third-order valence-corrected chi connectivity index (χ3v) is 5.23. The number of methoxy groups -OCH3 is 1. The van der Waals surface area contributed by atoms with Crippen LogP contribution >= 0.6 is 0 Å². The van der Waals surface area contributed by atoms with E-state index in [4.69, 9.17) is 10.00 Å². The quantitative estimate of drug-likeness (QED) is 0.747. The number of carbonyl (C=O) groups excluding carboxylic acids is 1. The lowest BCUT2D eigenvalue weighted by atomic mass is 10.1. The van der Waals surface area contributed by atoms with Gasteiger partial charge < -0.3 is 14.5 Å². The number of likely N-dealkylation sites (tertiary alicyclic amines) is 1. The number of carbonyl (C=O) groups is 1. The van der Waals surface area contributed by atoms with E-state index in [2.05, 4.69) is 16.2 Å². The predicted molar refractivity (Wildman–Crippen MR) is 98.4 cm³/mol. The van der Waals surface area contributed by atoms with Crippen molar-refractivity contribution in [3.8, 4) is 23.7 Å². The minimum absolute atomic E-state index is 0.0158. The van der Waals surface area contributed by atoms with Crippen molar-refractivity contribution in [3.05, 3.63) is 47.3 Å². The Bertz CT molecular complexity index is 1010. The summed E-state index contributed by atoms with van der Waals surface area (Å²) in [5, 5.41) is 18.4. The highest BCUT2D eigenvalue weighted by atomic mass is 16.5. The van der Waals surface area contributed by atoms with Crippen LogP contribution in [0, 0.1) is 22.8 Å². The topological polar surface area (TPSA) is 106 Å². The van der Waals surface area contributed by atoms with Crippen molar-refractivity contribution in [2.24, 2.45) is 0 Å². The van der Waals surface area contributed by atoms with Crippen LogP contribution in [-0.4, -0.2) is 58.0 Å². The predicted octanol–water partition coefficient (Wildman–Crippen LogP) is 1.54. The molecule has 8 nitrogen and oxygen atoms in total. The zero-order valence-corrected chi connectivity index (χ0v) is 15.4. The van der Waals surface area contributed by atoms with Crippen LogP contribution in [0.3, 0.4) is 0 Å². The molecular formula is C20H18N6O2. The first-order chi connectivity index (χ1) is 13.6. The van der Waals surface area contributed by atoms with Crippen molar-refractivity contribution >= 4 is 5.91 Å². The van der Waals surface area contributed by atoms with Crippen LogP contribution in [0.15, 0.2) is 30.3 Å². The van der Waals surface area contributed by atoms with E-state index in [1.807, 2.05) is 18.2 Å². The number of fused-ring (bicyclic) bond motifs is 1. The van der Waals surface area contributed by atoms with E-state index >= 15 is 0 Å². The number of ether oxygens (including phenoxy) is 1. The molecule has 0 unspecified atom stereocenters. The number of amides is 1. The monoisotopic (exact) mass is 374 g/mol. The molecule has 2 aliphatic heterocycles. The Hall–Kier alpha value is -3.49. The first-order valence-corrected chi connectivity index (χ1v) is 8.98. The first-order valence-electron chi connectivity index (χ1n) is 8.98. The van der Waals surface area contributed by atoms with E-state index in [0.717, 1.165) is 5.56 Å². The number of hydrogen-bond acceptors (Lipinski definition) is 7. The Morgan fingerprint density at radius 2 is 2.04 bits per heavy atom. The van der Waals surface area contributed by atoms with Gasteiger partial charge in [-0.15, -0.1) is 0 Å². The fourth-order valence-electron chi connectivity index (χ4n) is 3.86. The molecule has 0 aliphatic carbocycles. The minimum atomic E-state index is -0.130. The van der Waals surface area contributed by atoms with Gasteiger partial charge in [-0.1, -0.05) is 12.1 Å². The second-order valence-corrected chi connectivity index (χ2v) is 6.91. The highest BCUT2D eigenvalue weighted by Gasteiger charge is 2.41.